The second-order valence-electron chi connectivity index (χ2n) is 6.02. The Morgan fingerprint density at radius 3 is 2.94 bits per heavy atom. The van der Waals surface area contributed by atoms with Crippen molar-refractivity contribution >= 4 is 5.69 Å². The van der Waals surface area contributed by atoms with Crippen LogP contribution in [-0.4, -0.2) is 24.6 Å². The first-order valence-corrected chi connectivity index (χ1v) is 7.01. The van der Waals surface area contributed by atoms with Gasteiger partial charge in [0.1, 0.15) is 0 Å². The van der Waals surface area contributed by atoms with Crippen molar-refractivity contribution in [1.29, 1.82) is 0 Å². The van der Waals surface area contributed by atoms with Crippen molar-refractivity contribution in [2.45, 2.75) is 40.2 Å². The van der Waals surface area contributed by atoms with Crippen LogP contribution in [0.3, 0.4) is 0 Å². The maximum Gasteiger partial charge on any atom is 0.0598 e. The lowest BCUT2D eigenvalue weighted by Crippen LogP contribution is -2.25. The van der Waals surface area contributed by atoms with Crippen molar-refractivity contribution in [2.24, 2.45) is 5.41 Å². The maximum atomic E-state index is 4.30. The predicted molar refractivity (Wildman–Crippen MR) is 76.8 cm³/mol. The van der Waals surface area contributed by atoms with Crippen molar-refractivity contribution in [3.05, 3.63) is 24.0 Å². The summed E-state index contributed by atoms with van der Waals surface area (Å²) in [5.41, 5.74) is 3.12. The Labute approximate surface area is 111 Å². The molecule has 1 aromatic rings. The van der Waals surface area contributed by atoms with E-state index in [0.717, 1.165) is 26.2 Å². The molecule has 0 aromatic carbocycles. The fourth-order valence-corrected chi connectivity index (χ4v) is 2.57. The minimum Gasteiger partial charge on any atom is -0.369 e. The lowest BCUT2D eigenvalue weighted by atomic mass is 9.93. The molecule has 1 saturated heterocycles. The Balaban J connectivity index is 2.08. The Kier molecular flexibility index (Phi) is 4.23. The van der Waals surface area contributed by atoms with E-state index < -0.39 is 0 Å². The van der Waals surface area contributed by atoms with Crippen LogP contribution in [0.5, 0.6) is 0 Å². The molecule has 2 rings (SSSR count). The number of pyridine rings is 1. The quantitative estimate of drug-likeness (QED) is 0.811. The first-order valence-electron chi connectivity index (χ1n) is 7.01. The Morgan fingerprint density at radius 2 is 2.28 bits per heavy atom. The molecule has 0 amide bonds. The normalized spacial score (nSPS) is 18.3. The number of aromatic nitrogens is 1. The van der Waals surface area contributed by atoms with Gasteiger partial charge < -0.3 is 10.2 Å². The molecule has 2 heterocycles. The van der Waals surface area contributed by atoms with E-state index in [0.29, 0.717) is 5.41 Å². The van der Waals surface area contributed by atoms with E-state index in [4.69, 9.17) is 0 Å². The highest BCUT2D eigenvalue weighted by atomic mass is 15.2. The molecule has 0 unspecified atom stereocenters. The molecule has 1 N–H and O–H groups in total. The Hall–Kier alpha value is -1.09. The number of rotatable bonds is 5. The van der Waals surface area contributed by atoms with Crippen molar-refractivity contribution in [1.82, 2.24) is 10.3 Å². The summed E-state index contributed by atoms with van der Waals surface area (Å²) >= 11 is 0. The van der Waals surface area contributed by atoms with Gasteiger partial charge in [0.25, 0.3) is 0 Å². The molecular weight excluding hydrogens is 222 g/mol. The molecule has 0 aliphatic carbocycles. The molecule has 100 valence electrons. The SMILES string of the molecule is CCCNCc1ccncc1N1CCC(C)(C)C1. The van der Waals surface area contributed by atoms with E-state index in [2.05, 4.69) is 42.0 Å². The maximum absolute atomic E-state index is 4.30. The van der Waals surface area contributed by atoms with Crippen molar-refractivity contribution in [3.63, 3.8) is 0 Å². The number of nitrogens with one attached hydrogen (secondary N) is 1. The molecule has 18 heavy (non-hydrogen) atoms. The van der Waals surface area contributed by atoms with Gasteiger partial charge in [0.15, 0.2) is 0 Å². The van der Waals surface area contributed by atoms with Crippen LogP contribution in [0.15, 0.2) is 18.5 Å². The monoisotopic (exact) mass is 247 g/mol. The average Bonchev–Trinajstić information content (AvgIpc) is 2.71. The van der Waals surface area contributed by atoms with Crippen LogP contribution in [0.25, 0.3) is 0 Å². The van der Waals surface area contributed by atoms with Gasteiger partial charge in [-0.3, -0.25) is 4.98 Å². The molecule has 1 aromatic heterocycles. The summed E-state index contributed by atoms with van der Waals surface area (Å²) in [5, 5.41) is 3.48. The third-order valence-electron chi connectivity index (χ3n) is 3.65. The van der Waals surface area contributed by atoms with Crippen molar-refractivity contribution < 1.29 is 0 Å². The summed E-state index contributed by atoms with van der Waals surface area (Å²) in [6, 6.07) is 2.14. The van der Waals surface area contributed by atoms with Crippen LogP contribution in [0.1, 0.15) is 39.2 Å². The topological polar surface area (TPSA) is 28.2 Å². The van der Waals surface area contributed by atoms with E-state index in [1.54, 1.807) is 0 Å². The zero-order chi connectivity index (χ0) is 13.0. The van der Waals surface area contributed by atoms with Crippen molar-refractivity contribution in [3.8, 4) is 0 Å². The van der Waals surface area contributed by atoms with E-state index in [1.165, 1.54) is 24.1 Å². The van der Waals surface area contributed by atoms with E-state index >= 15 is 0 Å². The van der Waals surface area contributed by atoms with Crippen LogP contribution in [0.4, 0.5) is 5.69 Å². The summed E-state index contributed by atoms with van der Waals surface area (Å²) < 4.78 is 0. The van der Waals surface area contributed by atoms with Gasteiger partial charge in [0.05, 0.1) is 11.9 Å². The van der Waals surface area contributed by atoms with Gasteiger partial charge in [-0.2, -0.15) is 0 Å². The number of nitrogens with zero attached hydrogens (tertiary/aromatic N) is 2. The lowest BCUT2D eigenvalue weighted by Gasteiger charge is -2.23. The van der Waals surface area contributed by atoms with E-state index in [1.807, 2.05) is 12.4 Å². The standard InChI is InChI=1S/C15H25N3/c1-4-7-16-10-13-5-8-17-11-14(13)18-9-6-15(2,3)12-18/h5,8,11,16H,4,6-7,9-10,12H2,1-3H3. The minimum absolute atomic E-state index is 0.434. The molecule has 1 aliphatic heterocycles. The second kappa shape index (κ2) is 5.70. The summed E-state index contributed by atoms with van der Waals surface area (Å²) in [4.78, 5) is 6.78. The van der Waals surface area contributed by atoms with Crippen LogP contribution in [0.2, 0.25) is 0 Å². The van der Waals surface area contributed by atoms with Crippen LogP contribution in [-0.2, 0) is 6.54 Å². The van der Waals surface area contributed by atoms with Crippen LogP contribution >= 0.6 is 0 Å². The fraction of sp³-hybridized carbons (Fsp3) is 0.667. The van der Waals surface area contributed by atoms with Crippen molar-refractivity contribution in [2.75, 3.05) is 24.5 Å². The lowest BCUT2D eigenvalue weighted by molar-refractivity contribution is 0.418. The third kappa shape index (κ3) is 3.22. The first-order chi connectivity index (χ1) is 8.62. The second-order valence-corrected chi connectivity index (χ2v) is 6.02. The summed E-state index contributed by atoms with van der Waals surface area (Å²) in [6.45, 7) is 11.2. The molecule has 0 atom stereocenters. The number of hydrogen-bond acceptors (Lipinski definition) is 3. The zero-order valence-corrected chi connectivity index (χ0v) is 11.9. The van der Waals surface area contributed by atoms with Gasteiger partial charge >= 0.3 is 0 Å². The zero-order valence-electron chi connectivity index (χ0n) is 11.9. The number of anilines is 1. The summed E-state index contributed by atoms with van der Waals surface area (Å²) in [7, 11) is 0. The highest BCUT2D eigenvalue weighted by Crippen LogP contribution is 2.33. The van der Waals surface area contributed by atoms with Gasteiger partial charge in [-0.25, -0.2) is 0 Å². The van der Waals surface area contributed by atoms with Gasteiger partial charge in [-0.05, 0) is 36.4 Å². The minimum atomic E-state index is 0.434. The molecule has 1 aliphatic rings. The van der Waals surface area contributed by atoms with Gasteiger partial charge in [0.2, 0.25) is 0 Å². The molecule has 0 bridgehead atoms. The highest BCUT2D eigenvalue weighted by Gasteiger charge is 2.30. The first kappa shape index (κ1) is 13.3. The van der Waals surface area contributed by atoms with Crippen LogP contribution in [0, 0.1) is 5.41 Å². The van der Waals surface area contributed by atoms with Gasteiger partial charge in [0, 0.05) is 25.8 Å². The fourth-order valence-electron chi connectivity index (χ4n) is 2.57. The molecule has 0 saturated carbocycles. The van der Waals surface area contributed by atoms with E-state index in [9.17, 15) is 0 Å². The third-order valence-corrected chi connectivity index (χ3v) is 3.65. The Bertz CT molecular complexity index is 387. The molecule has 0 spiro atoms. The molecular formula is C15H25N3. The molecule has 3 nitrogen and oxygen atoms in total. The average molecular weight is 247 g/mol. The van der Waals surface area contributed by atoms with Gasteiger partial charge in [-0.15, -0.1) is 0 Å². The summed E-state index contributed by atoms with van der Waals surface area (Å²) in [5.74, 6) is 0. The molecule has 3 heteroatoms. The Morgan fingerprint density at radius 1 is 1.44 bits per heavy atom. The molecule has 1 fully saturated rings. The van der Waals surface area contributed by atoms with E-state index in [-0.39, 0.29) is 0 Å². The number of hydrogen-bond donors (Lipinski definition) is 1. The summed E-state index contributed by atoms with van der Waals surface area (Å²) in [6.07, 6.45) is 6.36. The smallest absolute Gasteiger partial charge is 0.0598 e. The molecule has 0 radical (unpaired) electrons. The van der Waals surface area contributed by atoms with Gasteiger partial charge in [-0.1, -0.05) is 20.8 Å². The predicted octanol–water partition coefficient (Wildman–Crippen LogP) is 2.82. The highest BCUT2D eigenvalue weighted by molar-refractivity contribution is 5.52. The largest absolute Gasteiger partial charge is 0.369 e. The van der Waals surface area contributed by atoms with Crippen LogP contribution < -0.4 is 10.2 Å².